The van der Waals surface area contributed by atoms with E-state index in [0.717, 1.165) is 17.8 Å². The highest BCUT2D eigenvalue weighted by atomic mass is 32.1. The fourth-order valence-corrected chi connectivity index (χ4v) is 1.92. The van der Waals surface area contributed by atoms with Gasteiger partial charge in [-0.05, 0) is 12.8 Å². The highest BCUT2D eigenvalue weighted by Crippen LogP contribution is 2.09. The van der Waals surface area contributed by atoms with Crippen LogP contribution in [-0.4, -0.2) is 16.9 Å². The molecule has 0 aliphatic carbocycles. The van der Waals surface area contributed by atoms with E-state index in [1.165, 1.54) is 11.3 Å². The van der Waals surface area contributed by atoms with Crippen molar-refractivity contribution in [3.8, 4) is 0 Å². The first-order chi connectivity index (χ1) is 7.21. The van der Waals surface area contributed by atoms with Crippen molar-refractivity contribution in [1.29, 1.82) is 0 Å². The molecule has 0 aliphatic rings. The first-order valence-electron chi connectivity index (χ1n) is 5.16. The summed E-state index contributed by atoms with van der Waals surface area (Å²) in [7, 11) is 0. The Morgan fingerprint density at radius 2 is 2.27 bits per heavy atom. The monoisotopic (exact) mass is 227 g/mol. The summed E-state index contributed by atoms with van der Waals surface area (Å²) in [4.78, 5) is 15.8. The average molecular weight is 227 g/mol. The normalized spacial score (nSPS) is 10.7. The highest BCUT2D eigenvalue weighted by molar-refractivity contribution is 7.09. The van der Waals surface area contributed by atoms with Crippen molar-refractivity contribution in [3.05, 3.63) is 16.1 Å². The maximum absolute atomic E-state index is 11.7. The maximum Gasteiger partial charge on any atom is 0.270 e. The minimum Gasteiger partial charge on any atom is -0.348 e. The van der Waals surface area contributed by atoms with Gasteiger partial charge < -0.3 is 11.1 Å². The zero-order chi connectivity index (χ0) is 11.3. The molecule has 1 aromatic rings. The second-order valence-corrected chi connectivity index (χ2v) is 4.26. The summed E-state index contributed by atoms with van der Waals surface area (Å²) in [5.41, 5.74) is 5.91. The number of aromatic nitrogens is 1. The van der Waals surface area contributed by atoms with Crippen molar-refractivity contribution < 1.29 is 4.79 Å². The maximum atomic E-state index is 11.7. The van der Waals surface area contributed by atoms with E-state index < -0.39 is 0 Å². The Hall–Kier alpha value is -0.940. The third kappa shape index (κ3) is 3.28. The molecule has 1 heterocycles. The van der Waals surface area contributed by atoms with Gasteiger partial charge in [0.2, 0.25) is 0 Å². The molecule has 0 saturated carbocycles. The third-order valence-electron chi connectivity index (χ3n) is 2.28. The summed E-state index contributed by atoms with van der Waals surface area (Å²) in [6.07, 6.45) is 1.88. The standard InChI is InChI=1S/C10H17N3OS/c1-3-7(4-2)12-10(14)8-6-15-9(5-11)13-8/h6-7H,3-5,11H2,1-2H3,(H,12,14). The van der Waals surface area contributed by atoms with E-state index >= 15 is 0 Å². The molecule has 4 nitrogen and oxygen atoms in total. The van der Waals surface area contributed by atoms with Gasteiger partial charge in [-0.3, -0.25) is 4.79 Å². The lowest BCUT2D eigenvalue weighted by Gasteiger charge is -2.13. The summed E-state index contributed by atoms with van der Waals surface area (Å²) >= 11 is 1.42. The molecule has 5 heteroatoms. The topological polar surface area (TPSA) is 68.0 Å². The van der Waals surface area contributed by atoms with Crippen LogP contribution in [-0.2, 0) is 6.54 Å². The number of nitrogens with one attached hydrogen (secondary N) is 1. The van der Waals surface area contributed by atoms with Crippen molar-refractivity contribution in [2.75, 3.05) is 0 Å². The molecule has 15 heavy (non-hydrogen) atoms. The Balaban J connectivity index is 2.60. The van der Waals surface area contributed by atoms with Gasteiger partial charge in [-0.25, -0.2) is 4.98 Å². The van der Waals surface area contributed by atoms with Crippen LogP contribution in [0.15, 0.2) is 5.38 Å². The summed E-state index contributed by atoms with van der Waals surface area (Å²) in [6.45, 7) is 4.50. The quantitative estimate of drug-likeness (QED) is 0.801. The Bertz CT molecular complexity index is 320. The van der Waals surface area contributed by atoms with Crippen LogP contribution in [0.3, 0.4) is 0 Å². The molecule has 0 fully saturated rings. The van der Waals surface area contributed by atoms with Gasteiger partial charge in [-0.15, -0.1) is 11.3 Å². The van der Waals surface area contributed by atoms with Gasteiger partial charge in [0, 0.05) is 18.0 Å². The average Bonchev–Trinajstić information content (AvgIpc) is 2.74. The van der Waals surface area contributed by atoms with Gasteiger partial charge in [-0.1, -0.05) is 13.8 Å². The molecular weight excluding hydrogens is 210 g/mol. The predicted octanol–water partition coefficient (Wildman–Crippen LogP) is 1.52. The smallest absolute Gasteiger partial charge is 0.270 e. The lowest BCUT2D eigenvalue weighted by atomic mass is 10.2. The van der Waals surface area contributed by atoms with E-state index in [4.69, 9.17) is 5.73 Å². The number of thiazole rings is 1. The number of nitrogens with two attached hydrogens (primary N) is 1. The SMILES string of the molecule is CCC(CC)NC(=O)c1csc(CN)n1. The summed E-state index contributed by atoms with van der Waals surface area (Å²) in [5.74, 6) is -0.0975. The Morgan fingerprint density at radius 3 is 2.73 bits per heavy atom. The number of hydrogen-bond donors (Lipinski definition) is 2. The number of amides is 1. The zero-order valence-electron chi connectivity index (χ0n) is 9.12. The zero-order valence-corrected chi connectivity index (χ0v) is 9.93. The summed E-state index contributed by atoms with van der Waals surface area (Å²) in [6, 6.07) is 0.237. The molecule has 1 amide bonds. The van der Waals surface area contributed by atoms with Crippen LogP contribution in [0, 0.1) is 0 Å². The lowest BCUT2D eigenvalue weighted by molar-refractivity contribution is 0.0930. The van der Waals surface area contributed by atoms with Gasteiger partial charge in [-0.2, -0.15) is 0 Å². The molecular formula is C10H17N3OS. The molecule has 0 spiro atoms. The number of rotatable bonds is 5. The molecule has 0 unspecified atom stereocenters. The van der Waals surface area contributed by atoms with Crippen molar-refractivity contribution in [2.24, 2.45) is 5.73 Å². The van der Waals surface area contributed by atoms with Crippen molar-refractivity contribution in [1.82, 2.24) is 10.3 Å². The first kappa shape index (κ1) is 12.1. The number of nitrogens with zero attached hydrogens (tertiary/aromatic N) is 1. The van der Waals surface area contributed by atoms with Gasteiger partial charge >= 0.3 is 0 Å². The third-order valence-corrected chi connectivity index (χ3v) is 3.15. The largest absolute Gasteiger partial charge is 0.348 e. The fraction of sp³-hybridized carbons (Fsp3) is 0.600. The van der Waals surface area contributed by atoms with Gasteiger partial charge in [0.25, 0.3) is 5.91 Å². The van der Waals surface area contributed by atoms with Crippen LogP contribution in [0.25, 0.3) is 0 Å². The van der Waals surface area contributed by atoms with Crippen LogP contribution in [0.2, 0.25) is 0 Å². The number of hydrogen-bond acceptors (Lipinski definition) is 4. The van der Waals surface area contributed by atoms with E-state index in [-0.39, 0.29) is 11.9 Å². The molecule has 84 valence electrons. The van der Waals surface area contributed by atoms with E-state index in [2.05, 4.69) is 24.1 Å². The van der Waals surface area contributed by atoms with Crippen molar-refractivity contribution in [2.45, 2.75) is 39.3 Å². The molecule has 0 atom stereocenters. The van der Waals surface area contributed by atoms with Gasteiger partial charge in [0.15, 0.2) is 0 Å². The van der Waals surface area contributed by atoms with E-state index in [9.17, 15) is 4.79 Å². The first-order valence-corrected chi connectivity index (χ1v) is 6.04. The number of carbonyl (C=O) groups is 1. The van der Waals surface area contributed by atoms with Gasteiger partial charge in [0.1, 0.15) is 10.7 Å². The molecule has 0 bridgehead atoms. The molecule has 0 aromatic carbocycles. The van der Waals surface area contributed by atoms with Crippen LogP contribution < -0.4 is 11.1 Å². The molecule has 0 saturated heterocycles. The summed E-state index contributed by atoms with van der Waals surface area (Å²) < 4.78 is 0. The minimum atomic E-state index is -0.0975. The lowest BCUT2D eigenvalue weighted by Crippen LogP contribution is -2.34. The Morgan fingerprint density at radius 1 is 1.60 bits per heavy atom. The molecule has 0 aliphatic heterocycles. The Labute approximate surface area is 93.9 Å². The number of carbonyl (C=O) groups excluding carboxylic acids is 1. The molecule has 0 radical (unpaired) electrons. The van der Waals surface area contributed by atoms with Crippen LogP contribution in [0.1, 0.15) is 42.2 Å². The van der Waals surface area contributed by atoms with Gasteiger partial charge in [0.05, 0.1) is 0 Å². The molecule has 1 aromatic heterocycles. The second kappa shape index (κ2) is 5.82. The highest BCUT2D eigenvalue weighted by Gasteiger charge is 2.13. The molecule has 1 rings (SSSR count). The van der Waals surface area contributed by atoms with Crippen LogP contribution in [0.4, 0.5) is 0 Å². The molecule has 3 N–H and O–H groups in total. The van der Waals surface area contributed by atoms with Crippen LogP contribution >= 0.6 is 11.3 Å². The minimum absolute atomic E-state index is 0.0975. The summed E-state index contributed by atoms with van der Waals surface area (Å²) in [5, 5.41) is 5.48. The van der Waals surface area contributed by atoms with Crippen molar-refractivity contribution >= 4 is 17.2 Å². The fourth-order valence-electron chi connectivity index (χ4n) is 1.26. The second-order valence-electron chi connectivity index (χ2n) is 3.32. The van der Waals surface area contributed by atoms with E-state index in [1.807, 2.05) is 0 Å². The van der Waals surface area contributed by atoms with Crippen molar-refractivity contribution in [3.63, 3.8) is 0 Å². The van der Waals surface area contributed by atoms with Crippen LogP contribution in [0.5, 0.6) is 0 Å². The van der Waals surface area contributed by atoms with E-state index in [0.29, 0.717) is 12.2 Å². The van der Waals surface area contributed by atoms with E-state index in [1.54, 1.807) is 5.38 Å². The predicted molar refractivity (Wildman–Crippen MR) is 61.8 cm³/mol. The Kier molecular flexibility index (Phi) is 4.71.